The second kappa shape index (κ2) is 6.68. The summed E-state index contributed by atoms with van der Waals surface area (Å²) in [5, 5.41) is 12.9. The summed E-state index contributed by atoms with van der Waals surface area (Å²) in [6, 6.07) is 6.44. The number of nitro benzene ring substituents is 1. The molecular formula is C16H14N4O3S. The normalized spacial score (nSPS) is 14.3. The lowest BCUT2D eigenvalue weighted by atomic mass is 10.2. The maximum Gasteiger partial charge on any atom is 0.273 e. The average molecular weight is 342 g/mol. The van der Waals surface area contributed by atoms with Gasteiger partial charge in [0, 0.05) is 49.4 Å². The molecule has 0 unspecified atom stereocenters. The summed E-state index contributed by atoms with van der Waals surface area (Å²) >= 11 is 1.28. The number of carbonyl (C=O) groups excluding carboxylic acids is 1. The van der Waals surface area contributed by atoms with Crippen LogP contribution in [0.4, 0.5) is 11.4 Å². The van der Waals surface area contributed by atoms with Gasteiger partial charge in [-0.1, -0.05) is 0 Å². The molecule has 0 radical (unpaired) electrons. The minimum atomic E-state index is -0.418. The van der Waals surface area contributed by atoms with Crippen LogP contribution in [0.25, 0.3) is 0 Å². The molecule has 0 aliphatic carbocycles. The Kier molecular flexibility index (Phi) is 4.44. The van der Waals surface area contributed by atoms with Crippen molar-refractivity contribution in [1.82, 2.24) is 9.88 Å². The highest BCUT2D eigenvalue weighted by molar-refractivity contribution is 7.10. The van der Waals surface area contributed by atoms with Crippen LogP contribution in [0.2, 0.25) is 0 Å². The van der Waals surface area contributed by atoms with Gasteiger partial charge >= 0.3 is 0 Å². The third-order valence-electron chi connectivity index (χ3n) is 3.84. The summed E-state index contributed by atoms with van der Waals surface area (Å²) in [4.78, 5) is 30.6. The molecule has 7 nitrogen and oxygen atoms in total. The van der Waals surface area contributed by atoms with Crippen molar-refractivity contribution in [1.29, 1.82) is 0 Å². The number of hydrogen-bond acceptors (Lipinski definition) is 6. The second-order valence-corrected chi connectivity index (χ2v) is 6.09. The molecule has 1 fully saturated rings. The van der Waals surface area contributed by atoms with Crippen molar-refractivity contribution in [2.45, 2.75) is 0 Å². The predicted octanol–water partition coefficient (Wildman–Crippen LogP) is 2.00. The summed E-state index contributed by atoms with van der Waals surface area (Å²) in [7, 11) is 0. The van der Waals surface area contributed by atoms with Crippen LogP contribution >= 0.6 is 11.3 Å². The first-order valence-corrected chi connectivity index (χ1v) is 8.17. The molecular weight excluding hydrogens is 328 g/mol. The van der Waals surface area contributed by atoms with E-state index < -0.39 is 4.92 Å². The number of nitro groups is 1. The molecule has 0 N–H and O–H groups in total. The standard InChI is InChI=1S/C16H14N4O3S/c1-2-15-17-14(11-24-15)16(21)19-9-7-18(8-10-19)12-3-5-13(6-4-12)20(22)23/h1,3-6,11H,7-10H2. The smallest absolute Gasteiger partial charge is 0.273 e. The summed E-state index contributed by atoms with van der Waals surface area (Å²) in [6.45, 7) is 2.46. The number of aromatic nitrogens is 1. The molecule has 3 rings (SSSR count). The molecule has 0 spiro atoms. The zero-order valence-electron chi connectivity index (χ0n) is 12.7. The van der Waals surface area contributed by atoms with E-state index >= 15 is 0 Å². The molecule has 1 aliphatic rings. The molecule has 8 heteroatoms. The summed E-state index contributed by atoms with van der Waals surface area (Å²) in [5.41, 5.74) is 1.37. The topological polar surface area (TPSA) is 79.6 Å². The van der Waals surface area contributed by atoms with E-state index in [1.54, 1.807) is 22.4 Å². The number of thiazole rings is 1. The lowest BCUT2D eigenvalue weighted by Gasteiger charge is -2.35. The van der Waals surface area contributed by atoms with Gasteiger partial charge in [0.25, 0.3) is 11.6 Å². The Hall–Kier alpha value is -2.92. The van der Waals surface area contributed by atoms with E-state index in [9.17, 15) is 14.9 Å². The number of benzene rings is 1. The van der Waals surface area contributed by atoms with Crippen LogP contribution in [0.5, 0.6) is 0 Å². The number of non-ortho nitro benzene ring substituents is 1. The Morgan fingerprint density at radius 1 is 1.25 bits per heavy atom. The summed E-state index contributed by atoms with van der Waals surface area (Å²) < 4.78 is 0. The number of rotatable bonds is 3. The lowest BCUT2D eigenvalue weighted by Crippen LogP contribution is -2.48. The van der Waals surface area contributed by atoms with Gasteiger partial charge in [0.2, 0.25) is 0 Å². The number of amides is 1. The average Bonchev–Trinajstić information content (AvgIpc) is 3.10. The van der Waals surface area contributed by atoms with Gasteiger partial charge in [-0.25, -0.2) is 4.98 Å². The van der Waals surface area contributed by atoms with Gasteiger partial charge in [0.1, 0.15) is 5.69 Å². The van der Waals surface area contributed by atoms with Gasteiger partial charge in [-0.15, -0.1) is 17.8 Å². The van der Waals surface area contributed by atoms with Gasteiger partial charge in [-0.3, -0.25) is 14.9 Å². The Bertz CT molecular complexity index is 801. The molecule has 122 valence electrons. The summed E-state index contributed by atoms with van der Waals surface area (Å²) in [5.74, 6) is 2.31. The Morgan fingerprint density at radius 3 is 2.46 bits per heavy atom. The second-order valence-electron chi connectivity index (χ2n) is 5.23. The Labute approximate surface area is 142 Å². The van der Waals surface area contributed by atoms with E-state index in [1.165, 1.54) is 23.5 Å². The lowest BCUT2D eigenvalue weighted by molar-refractivity contribution is -0.384. The fourth-order valence-electron chi connectivity index (χ4n) is 2.55. The number of terminal acetylenes is 1. The van der Waals surface area contributed by atoms with Gasteiger partial charge in [-0.2, -0.15) is 0 Å². The van der Waals surface area contributed by atoms with Gasteiger partial charge in [-0.05, 0) is 18.1 Å². The van der Waals surface area contributed by atoms with Crippen molar-refractivity contribution >= 4 is 28.6 Å². The van der Waals surface area contributed by atoms with Crippen LogP contribution in [-0.4, -0.2) is 46.9 Å². The van der Waals surface area contributed by atoms with Crippen LogP contribution < -0.4 is 4.90 Å². The minimum absolute atomic E-state index is 0.0698. The SMILES string of the molecule is C#Cc1nc(C(=O)N2CCN(c3ccc([N+](=O)[O-])cc3)CC2)cs1. The van der Waals surface area contributed by atoms with Crippen LogP contribution in [0.1, 0.15) is 15.5 Å². The molecule has 2 heterocycles. The highest BCUT2D eigenvalue weighted by Crippen LogP contribution is 2.21. The molecule has 2 aromatic rings. The quantitative estimate of drug-likeness (QED) is 0.484. The highest BCUT2D eigenvalue weighted by Gasteiger charge is 2.24. The first-order valence-electron chi connectivity index (χ1n) is 7.29. The van der Waals surface area contributed by atoms with E-state index in [2.05, 4.69) is 15.8 Å². The number of anilines is 1. The summed E-state index contributed by atoms with van der Waals surface area (Å²) in [6.07, 6.45) is 5.28. The van der Waals surface area contributed by atoms with Gasteiger partial charge in [0.05, 0.1) is 4.92 Å². The van der Waals surface area contributed by atoms with Crippen molar-refractivity contribution in [2.24, 2.45) is 0 Å². The molecule has 1 aliphatic heterocycles. The zero-order valence-corrected chi connectivity index (χ0v) is 13.5. The van der Waals surface area contributed by atoms with Crippen molar-refractivity contribution in [3.8, 4) is 12.3 Å². The number of piperazine rings is 1. The molecule has 0 saturated carbocycles. The number of hydrogen-bond donors (Lipinski definition) is 0. The maximum atomic E-state index is 12.4. The molecule has 1 aromatic carbocycles. The fourth-order valence-corrected chi connectivity index (χ4v) is 3.15. The van der Waals surface area contributed by atoms with E-state index in [1.807, 2.05) is 0 Å². The van der Waals surface area contributed by atoms with E-state index in [-0.39, 0.29) is 11.6 Å². The van der Waals surface area contributed by atoms with Crippen molar-refractivity contribution in [2.75, 3.05) is 31.1 Å². The first kappa shape index (κ1) is 16.0. The van der Waals surface area contributed by atoms with E-state index in [4.69, 9.17) is 6.42 Å². The Balaban J connectivity index is 1.62. The number of nitrogens with zero attached hydrogens (tertiary/aromatic N) is 4. The monoisotopic (exact) mass is 342 g/mol. The van der Waals surface area contributed by atoms with Crippen LogP contribution in [-0.2, 0) is 0 Å². The predicted molar refractivity (Wildman–Crippen MR) is 91.3 cm³/mol. The van der Waals surface area contributed by atoms with Crippen LogP contribution in [0, 0.1) is 22.5 Å². The van der Waals surface area contributed by atoms with Crippen molar-refractivity contribution in [3.05, 3.63) is 50.5 Å². The molecule has 0 bridgehead atoms. The zero-order chi connectivity index (χ0) is 17.1. The van der Waals surface area contributed by atoms with Gasteiger partial charge < -0.3 is 9.80 Å². The number of carbonyl (C=O) groups is 1. The molecule has 1 amide bonds. The maximum absolute atomic E-state index is 12.4. The largest absolute Gasteiger partial charge is 0.368 e. The van der Waals surface area contributed by atoms with Crippen LogP contribution in [0.3, 0.4) is 0 Å². The third-order valence-corrected chi connectivity index (χ3v) is 4.61. The molecule has 1 aromatic heterocycles. The third kappa shape index (κ3) is 3.21. The van der Waals surface area contributed by atoms with E-state index in [0.717, 1.165) is 5.69 Å². The van der Waals surface area contributed by atoms with E-state index in [0.29, 0.717) is 36.9 Å². The first-order chi connectivity index (χ1) is 11.6. The van der Waals surface area contributed by atoms with Crippen molar-refractivity contribution in [3.63, 3.8) is 0 Å². The minimum Gasteiger partial charge on any atom is -0.368 e. The fraction of sp³-hybridized carbons (Fsp3) is 0.250. The molecule has 1 saturated heterocycles. The Morgan fingerprint density at radius 2 is 1.92 bits per heavy atom. The van der Waals surface area contributed by atoms with Crippen molar-refractivity contribution < 1.29 is 9.72 Å². The molecule has 0 atom stereocenters. The van der Waals surface area contributed by atoms with Crippen LogP contribution in [0.15, 0.2) is 29.6 Å². The highest BCUT2D eigenvalue weighted by atomic mass is 32.1. The van der Waals surface area contributed by atoms with Gasteiger partial charge in [0.15, 0.2) is 5.01 Å². The molecule has 24 heavy (non-hydrogen) atoms.